The van der Waals surface area contributed by atoms with Crippen molar-refractivity contribution in [2.45, 2.75) is 32.9 Å². The second-order valence-electron chi connectivity index (χ2n) is 5.25. The van der Waals surface area contributed by atoms with Gasteiger partial charge in [0.05, 0.1) is 17.0 Å². The van der Waals surface area contributed by atoms with Gasteiger partial charge in [-0.25, -0.2) is 0 Å². The van der Waals surface area contributed by atoms with Crippen LogP contribution in [0, 0.1) is 16.7 Å². The summed E-state index contributed by atoms with van der Waals surface area (Å²) >= 11 is 3.07. The summed E-state index contributed by atoms with van der Waals surface area (Å²) in [5.41, 5.74) is -0.677. The molecule has 20 heavy (non-hydrogen) atoms. The van der Waals surface area contributed by atoms with E-state index >= 15 is 0 Å². The molecule has 2 nitrogen and oxygen atoms in total. The number of hydrogen-bond acceptors (Lipinski definition) is 2. The average Bonchev–Trinajstić information content (AvgIpc) is 2.33. The van der Waals surface area contributed by atoms with E-state index in [-0.39, 0.29) is 0 Å². The van der Waals surface area contributed by atoms with Crippen molar-refractivity contribution in [1.29, 1.82) is 5.26 Å². The van der Waals surface area contributed by atoms with Crippen molar-refractivity contribution in [3.63, 3.8) is 0 Å². The third kappa shape index (κ3) is 5.41. The van der Waals surface area contributed by atoms with Gasteiger partial charge in [0.2, 0.25) is 0 Å². The lowest BCUT2D eigenvalue weighted by molar-refractivity contribution is -0.137. The van der Waals surface area contributed by atoms with Gasteiger partial charge in [-0.15, -0.1) is 0 Å². The van der Waals surface area contributed by atoms with E-state index in [0.717, 1.165) is 12.1 Å². The number of hydrogen-bond donors (Lipinski definition) is 1. The summed E-state index contributed by atoms with van der Waals surface area (Å²) in [7, 11) is 0. The lowest BCUT2D eigenvalue weighted by Crippen LogP contribution is -2.12. The van der Waals surface area contributed by atoms with E-state index < -0.39 is 17.2 Å². The lowest BCUT2D eigenvalue weighted by Gasteiger charge is -2.16. The number of alkyl halides is 3. The Bertz CT molecular complexity index is 504. The highest BCUT2D eigenvalue weighted by Gasteiger charge is 2.31. The first-order chi connectivity index (χ1) is 9.14. The number of anilines is 1. The van der Waals surface area contributed by atoms with Gasteiger partial charge >= 0.3 is 6.18 Å². The molecule has 1 aromatic rings. The monoisotopic (exact) mass is 348 g/mol. The van der Waals surface area contributed by atoms with Crippen LogP contribution in [0.25, 0.3) is 0 Å². The molecule has 0 radical (unpaired) electrons. The van der Waals surface area contributed by atoms with E-state index in [4.69, 9.17) is 5.26 Å². The summed E-state index contributed by atoms with van der Waals surface area (Å²) in [6, 6.07) is 5.93. The van der Waals surface area contributed by atoms with Crippen LogP contribution in [-0.2, 0) is 6.18 Å². The molecular weight excluding hydrogens is 333 g/mol. The highest BCUT2D eigenvalue weighted by molar-refractivity contribution is 9.10. The maximum atomic E-state index is 12.7. The Hall–Kier alpha value is -1.22. The van der Waals surface area contributed by atoms with Crippen molar-refractivity contribution < 1.29 is 13.2 Å². The Balaban J connectivity index is 2.62. The minimum absolute atomic E-state index is 0.382. The zero-order chi connectivity index (χ0) is 15.4. The van der Waals surface area contributed by atoms with Gasteiger partial charge < -0.3 is 5.32 Å². The van der Waals surface area contributed by atoms with Crippen molar-refractivity contribution in [3.8, 4) is 6.07 Å². The predicted octanol–water partition coefficient (Wildman–Crippen LogP) is 5.21. The van der Waals surface area contributed by atoms with Crippen molar-refractivity contribution in [1.82, 2.24) is 0 Å². The van der Waals surface area contributed by atoms with Crippen LogP contribution in [0.3, 0.4) is 0 Å². The van der Waals surface area contributed by atoms with Gasteiger partial charge in [-0.1, -0.05) is 15.9 Å². The van der Waals surface area contributed by atoms with Crippen LogP contribution in [0.5, 0.6) is 0 Å². The summed E-state index contributed by atoms with van der Waals surface area (Å²) < 4.78 is 38.3. The van der Waals surface area contributed by atoms with E-state index in [1.807, 2.05) is 13.8 Å². The summed E-state index contributed by atoms with van der Waals surface area (Å²) in [6.45, 7) is 4.21. The first-order valence-electron chi connectivity index (χ1n) is 6.17. The van der Waals surface area contributed by atoms with Crippen molar-refractivity contribution >= 4 is 21.6 Å². The number of nitrogens with zero attached hydrogens (tertiary/aromatic N) is 1. The molecule has 0 saturated carbocycles. The van der Waals surface area contributed by atoms with E-state index in [1.165, 1.54) is 0 Å². The Morgan fingerprint density at radius 2 is 1.90 bits per heavy atom. The summed E-state index contributed by atoms with van der Waals surface area (Å²) in [5, 5.41) is 11.8. The molecule has 0 spiro atoms. The fraction of sp³-hybridized carbons (Fsp3) is 0.500. The van der Waals surface area contributed by atoms with Crippen LogP contribution >= 0.6 is 15.9 Å². The van der Waals surface area contributed by atoms with Crippen molar-refractivity contribution in [2.75, 3.05) is 11.9 Å². The largest absolute Gasteiger partial charge is 0.416 e. The van der Waals surface area contributed by atoms with Crippen LogP contribution in [0.2, 0.25) is 0 Å². The third-order valence-electron chi connectivity index (χ3n) is 2.84. The summed E-state index contributed by atoms with van der Waals surface area (Å²) in [4.78, 5) is 0. The van der Waals surface area contributed by atoms with Gasteiger partial charge in [0.15, 0.2) is 0 Å². The molecule has 0 aliphatic heterocycles. The fourth-order valence-electron chi connectivity index (χ4n) is 1.67. The average molecular weight is 349 g/mol. The molecule has 0 aliphatic carbocycles. The molecular formula is C14H16BrF3N2. The summed E-state index contributed by atoms with van der Waals surface area (Å²) in [6.07, 6.45) is -2.95. The molecule has 0 aromatic heterocycles. The molecule has 1 rings (SSSR count). The number of halogens is 4. The number of nitrogens with one attached hydrogen (secondary N) is 1. The van der Waals surface area contributed by atoms with E-state index in [0.29, 0.717) is 29.5 Å². The molecule has 6 heteroatoms. The maximum absolute atomic E-state index is 12.7. The molecule has 1 aromatic carbocycles. The minimum atomic E-state index is -4.36. The molecule has 0 atom stereocenters. The molecule has 1 N–H and O–H groups in total. The molecule has 0 saturated heterocycles. The minimum Gasteiger partial charge on any atom is -0.385 e. The SMILES string of the molecule is CC(C)(C#N)CCCNc1cc(Br)cc(C(F)(F)F)c1. The van der Waals surface area contributed by atoms with Gasteiger partial charge in [-0.05, 0) is 44.9 Å². The smallest absolute Gasteiger partial charge is 0.385 e. The van der Waals surface area contributed by atoms with E-state index in [1.54, 1.807) is 6.07 Å². The van der Waals surface area contributed by atoms with Gasteiger partial charge in [0.1, 0.15) is 0 Å². The highest BCUT2D eigenvalue weighted by Crippen LogP contribution is 2.33. The van der Waals surface area contributed by atoms with E-state index in [9.17, 15) is 13.2 Å². The molecule has 0 aliphatic rings. The van der Waals surface area contributed by atoms with Gasteiger partial charge in [-0.2, -0.15) is 18.4 Å². The Labute approximate surface area is 125 Å². The second kappa shape index (κ2) is 6.49. The number of nitriles is 1. The Morgan fingerprint density at radius 3 is 2.45 bits per heavy atom. The first kappa shape index (κ1) is 16.8. The normalized spacial score (nSPS) is 12.1. The lowest BCUT2D eigenvalue weighted by atomic mass is 9.90. The molecule has 0 bridgehead atoms. The predicted molar refractivity (Wildman–Crippen MR) is 76.3 cm³/mol. The van der Waals surface area contributed by atoms with Crippen molar-refractivity contribution in [2.24, 2.45) is 5.41 Å². The molecule has 110 valence electrons. The zero-order valence-corrected chi connectivity index (χ0v) is 12.9. The Morgan fingerprint density at radius 1 is 1.25 bits per heavy atom. The van der Waals surface area contributed by atoms with Gasteiger partial charge in [0.25, 0.3) is 0 Å². The molecule has 0 fully saturated rings. The van der Waals surface area contributed by atoms with Crippen LogP contribution < -0.4 is 5.32 Å². The first-order valence-corrected chi connectivity index (χ1v) is 6.96. The van der Waals surface area contributed by atoms with Crippen LogP contribution in [-0.4, -0.2) is 6.54 Å². The van der Waals surface area contributed by atoms with Crippen LogP contribution in [0.4, 0.5) is 18.9 Å². The van der Waals surface area contributed by atoms with Gasteiger partial charge in [-0.3, -0.25) is 0 Å². The quantitative estimate of drug-likeness (QED) is 0.741. The topological polar surface area (TPSA) is 35.8 Å². The second-order valence-corrected chi connectivity index (χ2v) is 6.17. The molecule has 0 unspecified atom stereocenters. The third-order valence-corrected chi connectivity index (χ3v) is 3.29. The van der Waals surface area contributed by atoms with Crippen LogP contribution in [0.15, 0.2) is 22.7 Å². The van der Waals surface area contributed by atoms with Crippen molar-refractivity contribution in [3.05, 3.63) is 28.2 Å². The van der Waals surface area contributed by atoms with E-state index in [2.05, 4.69) is 27.3 Å². The molecule has 0 amide bonds. The van der Waals surface area contributed by atoms with Gasteiger partial charge in [0, 0.05) is 16.7 Å². The molecule has 0 heterocycles. The standard InChI is InChI=1S/C14H16BrF3N2/c1-13(2,9-19)4-3-5-20-12-7-10(14(16,17)18)6-11(15)8-12/h6-8,20H,3-5H2,1-2H3. The number of rotatable bonds is 5. The van der Waals surface area contributed by atoms with Crippen LogP contribution in [0.1, 0.15) is 32.3 Å². The number of benzene rings is 1. The fourth-order valence-corrected chi connectivity index (χ4v) is 2.17. The Kier molecular flexibility index (Phi) is 5.46. The highest BCUT2D eigenvalue weighted by atomic mass is 79.9. The summed E-state index contributed by atoms with van der Waals surface area (Å²) in [5.74, 6) is 0. The maximum Gasteiger partial charge on any atom is 0.416 e. The zero-order valence-electron chi connectivity index (χ0n) is 11.3.